The van der Waals surface area contributed by atoms with Crippen molar-refractivity contribution in [3.63, 3.8) is 0 Å². The monoisotopic (exact) mass is 541 g/mol. The molecule has 0 aromatic carbocycles. The van der Waals surface area contributed by atoms with Gasteiger partial charge in [-0.25, -0.2) is 0 Å². The number of rotatable bonds is 12. The van der Waals surface area contributed by atoms with Crippen LogP contribution in [0.25, 0.3) is 0 Å². The summed E-state index contributed by atoms with van der Waals surface area (Å²) < 4.78 is 35.4. The van der Waals surface area contributed by atoms with Gasteiger partial charge in [0.25, 0.3) is 0 Å². The third-order valence-electron chi connectivity index (χ3n) is 2.36. The van der Waals surface area contributed by atoms with Gasteiger partial charge in [0.15, 0.2) is 0 Å². The molecular formula is C12H32O6SrTa. The predicted octanol–water partition coefficient (Wildman–Crippen LogP) is 2.00. The minimum atomic E-state index is -6.08. The Morgan fingerprint density at radius 2 is 0.600 bits per heavy atom. The molecule has 0 atom stereocenters. The van der Waals surface area contributed by atoms with Gasteiger partial charge in [-0.15, -0.1) is 0 Å². The second kappa shape index (κ2) is 9.97. The molecule has 0 radical (unpaired) electrons. The molecule has 0 aliphatic rings. The van der Waals surface area contributed by atoms with E-state index in [1.54, 1.807) is 0 Å². The molecule has 0 saturated heterocycles. The Labute approximate surface area is 161 Å². The average Bonchev–Trinajstić information content (AvgIpc) is 2.31. The summed E-state index contributed by atoms with van der Waals surface area (Å²) in [5, 5.41) is 0. The van der Waals surface area contributed by atoms with E-state index in [0.29, 0.717) is 39.6 Å². The van der Waals surface area contributed by atoms with E-state index in [4.69, 9.17) is 19.5 Å². The molecule has 123 valence electrons. The zero-order chi connectivity index (χ0) is 14.9. The fraction of sp³-hybridized carbons (Fsp3) is 1.00. The molecule has 0 aliphatic heterocycles. The van der Waals surface area contributed by atoms with Crippen LogP contribution in [0, 0.1) is 0 Å². The zero-order valence-electron chi connectivity index (χ0n) is 13.1. The normalized spacial score (nSPS) is 15.3. The Morgan fingerprint density at radius 1 is 0.450 bits per heavy atom. The van der Waals surface area contributed by atoms with Gasteiger partial charge >= 0.3 is 163 Å². The van der Waals surface area contributed by atoms with Crippen molar-refractivity contribution in [1.82, 2.24) is 0 Å². The van der Waals surface area contributed by atoms with E-state index in [2.05, 4.69) is 0 Å². The second-order valence-corrected chi connectivity index (χ2v) is 17.2. The maximum absolute atomic E-state index is 6.08. The number of hydrogen-bond acceptors (Lipinski definition) is 6. The third kappa shape index (κ3) is 4.99. The van der Waals surface area contributed by atoms with Gasteiger partial charge < -0.3 is 0 Å². The summed E-state index contributed by atoms with van der Waals surface area (Å²) in [6, 6.07) is 0. The van der Waals surface area contributed by atoms with Crippen molar-refractivity contribution < 1.29 is 36.3 Å². The molecule has 6 nitrogen and oxygen atoms in total. The maximum atomic E-state index is 5.90. The fourth-order valence-electron chi connectivity index (χ4n) is 2.14. The van der Waals surface area contributed by atoms with Crippen molar-refractivity contribution in [3.05, 3.63) is 0 Å². The van der Waals surface area contributed by atoms with Gasteiger partial charge in [-0.2, -0.15) is 0 Å². The van der Waals surface area contributed by atoms with Crippen molar-refractivity contribution in [1.29, 1.82) is 0 Å². The van der Waals surface area contributed by atoms with Crippen molar-refractivity contribution in [2.24, 2.45) is 0 Å². The fourth-order valence-corrected chi connectivity index (χ4v) is 17.5. The molecule has 0 saturated carbocycles. The molecule has 0 unspecified atom stereocenters. The summed E-state index contributed by atoms with van der Waals surface area (Å²) in [6.07, 6.45) is 0. The van der Waals surface area contributed by atoms with E-state index in [1.165, 1.54) is 0 Å². The van der Waals surface area contributed by atoms with Crippen LogP contribution >= 0.6 is 0 Å². The van der Waals surface area contributed by atoms with Crippen molar-refractivity contribution in [3.8, 4) is 0 Å². The molecule has 0 heterocycles. The Balaban J connectivity index is 0. The first-order chi connectivity index (χ1) is 8.97. The van der Waals surface area contributed by atoms with Gasteiger partial charge in [-0.1, -0.05) is 0 Å². The Morgan fingerprint density at radius 3 is 0.700 bits per heavy atom. The summed E-state index contributed by atoms with van der Waals surface area (Å²) in [6.45, 7) is 12.9. The molecule has 0 N–H and O–H groups in total. The predicted molar refractivity (Wildman–Crippen MR) is 78.3 cm³/mol. The Bertz CT molecular complexity index is 195. The van der Waals surface area contributed by atoms with Gasteiger partial charge in [0.1, 0.15) is 0 Å². The van der Waals surface area contributed by atoms with Crippen LogP contribution in [0.1, 0.15) is 41.5 Å². The minimum absolute atomic E-state index is 0. The molecule has 8 heteroatoms. The molecule has 0 aliphatic carbocycles. The first-order valence-corrected chi connectivity index (χ1v) is 14.9. The molecule has 0 amide bonds. The third-order valence-corrected chi connectivity index (χ3v) is 19.3. The van der Waals surface area contributed by atoms with E-state index in [9.17, 15) is 0 Å². The molecule has 0 aromatic heterocycles. The number of hydrogen-bond donors (Lipinski definition) is 0. The summed E-state index contributed by atoms with van der Waals surface area (Å²) in [5.41, 5.74) is 0. The summed E-state index contributed by atoms with van der Waals surface area (Å²) in [5.74, 6) is 0. The quantitative estimate of drug-likeness (QED) is 0.353. The SMILES string of the molecule is CC[O][Ta]([O]CC)([O]CC)([O]CC)([O]CC)[O]CC.[SrH2]. The molecular weight excluding hydrogens is 509 g/mol. The molecule has 0 bridgehead atoms. The molecule has 0 rings (SSSR count). The van der Waals surface area contributed by atoms with E-state index in [0.717, 1.165) is 0 Å². The van der Waals surface area contributed by atoms with Gasteiger partial charge in [0.05, 0.1) is 0 Å². The summed E-state index contributed by atoms with van der Waals surface area (Å²) >= 11 is -6.08. The van der Waals surface area contributed by atoms with E-state index >= 15 is 0 Å². The van der Waals surface area contributed by atoms with E-state index < -0.39 is 16.9 Å². The van der Waals surface area contributed by atoms with Gasteiger partial charge in [-0.3, -0.25) is 0 Å². The zero-order valence-corrected chi connectivity index (χ0v) is 16.4. The second-order valence-electron chi connectivity index (χ2n) is 3.62. The van der Waals surface area contributed by atoms with Crippen LogP contribution in [0.2, 0.25) is 0 Å². The summed E-state index contributed by atoms with van der Waals surface area (Å²) in [4.78, 5) is 0. The molecule has 20 heavy (non-hydrogen) atoms. The molecule has 0 spiro atoms. The van der Waals surface area contributed by atoms with Crippen LogP contribution < -0.4 is 0 Å². The molecule has 0 fully saturated rings. The molecule has 0 aromatic rings. The Kier molecular flexibility index (Phi) is 12.1. The van der Waals surface area contributed by atoms with Crippen LogP contribution in [-0.4, -0.2) is 85.1 Å². The van der Waals surface area contributed by atoms with Crippen LogP contribution in [0.4, 0.5) is 0 Å². The van der Waals surface area contributed by atoms with Crippen molar-refractivity contribution in [2.45, 2.75) is 41.5 Å². The topological polar surface area (TPSA) is 55.4 Å². The first-order valence-electron chi connectivity index (χ1n) is 7.07. The Hall–Kier alpha value is 1.98. The van der Waals surface area contributed by atoms with Crippen molar-refractivity contribution in [2.75, 3.05) is 39.6 Å². The van der Waals surface area contributed by atoms with Gasteiger partial charge in [0, 0.05) is 0 Å². The standard InChI is InChI=1S/6C2H5O.Sr.Ta.2H/c6*1-2-3;;;;/h6*2H2,1H3;;;;/q6*-1;;+6;;. The van der Waals surface area contributed by atoms with Crippen LogP contribution in [0.15, 0.2) is 0 Å². The first kappa shape index (κ1) is 24.2. The van der Waals surface area contributed by atoms with Crippen molar-refractivity contribution >= 4 is 45.5 Å². The average molecular weight is 541 g/mol. The van der Waals surface area contributed by atoms with Gasteiger partial charge in [-0.05, 0) is 0 Å². The van der Waals surface area contributed by atoms with Crippen LogP contribution in [-0.2, 0) is 36.3 Å². The van der Waals surface area contributed by atoms with E-state index in [-0.39, 0.29) is 45.5 Å². The van der Waals surface area contributed by atoms with Crippen LogP contribution in [0.3, 0.4) is 0 Å². The van der Waals surface area contributed by atoms with E-state index in [1.807, 2.05) is 41.5 Å². The van der Waals surface area contributed by atoms with Crippen LogP contribution in [0.5, 0.6) is 0 Å². The summed E-state index contributed by atoms with van der Waals surface area (Å²) in [7, 11) is 0. The van der Waals surface area contributed by atoms with Gasteiger partial charge in [0.2, 0.25) is 0 Å².